The highest BCUT2D eigenvalue weighted by Crippen LogP contribution is 2.30. The molecule has 4 nitrogen and oxygen atoms in total. The SMILES string of the molecule is CCSC1CCC(NC(=O)C2COCC2N)C1. The largest absolute Gasteiger partial charge is 0.379 e. The van der Waals surface area contributed by atoms with E-state index in [0.717, 1.165) is 23.8 Å². The number of nitrogens with two attached hydrogens (primary N) is 1. The second-order valence-corrected chi connectivity index (χ2v) is 6.48. The van der Waals surface area contributed by atoms with Gasteiger partial charge >= 0.3 is 0 Å². The lowest BCUT2D eigenvalue weighted by Crippen LogP contribution is -2.44. The maximum atomic E-state index is 12.0. The van der Waals surface area contributed by atoms with Gasteiger partial charge < -0.3 is 15.8 Å². The van der Waals surface area contributed by atoms with Crippen LogP contribution in [0.2, 0.25) is 0 Å². The first-order chi connectivity index (χ1) is 8.20. The van der Waals surface area contributed by atoms with Gasteiger partial charge in [0.05, 0.1) is 19.1 Å². The summed E-state index contributed by atoms with van der Waals surface area (Å²) >= 11 is 2.00. The van der Waals surface area contributed by atoms with Crippen LogP contribution in [0.25, 0.3) is 0 Å². The highest BCUT2D eigenvalue weighted by atomic mass is 32.2. The molecule has 1 aliphatic carbocycles. The van der Waals surface area contributed by atoms with Crippen molar-refractivity contribution in [1.29, 1.82) is 0 Å². The fourth-order valence-corrected chi connectivity index (χ4v) is 3.75. The summed E-state index contributed by atoms with van der Waals surface area (Å²) in [6, 6.07) is 0.219. The van der Waals surface area contributed by atoms with E-state index >= 15 is 0 Å². The number of nitrogens with one attached hydrogen (secondary N) is 1. The monoisotopic (exact) mass is 258 g/mol. The lowest BCUT2D eigenvalue weighted by atomic mass is 10.0. The zero-order chi connectivity index (χ0) is 12.3. The second kappa shape index (κ2) is 6.07. The maximum Gasteiger partial charge on any atom is 0.227 e. The zero-order valence-corrected chi connectivity index (χ0v) is 11.2. The fraction of sp³-hybridized carbons (Fsp3) is 0.917. The average Bonchev–Trinajstić information content (AvgIpc) is 2.88. The summed E-state index contributed by atoms with van der Waals surface area (Å²) in [7, 11) is 0. The van der Waals surface area contributed by atoms with Crippen molar-refractivity contribution >= 4 is 17.7 Å². The standard InChI is InChI=1S/C12H22N2O2S/c1-2-17-9-4-3-8(5-9)14-12(15)10-6-16-7-11(10)13/h8-11H,2-7,13H2,1H3,(H,14,15). The second-order valence-electron chi connectivity index (χ2n) is 4.90. The van der Waals surface area contributed by atoms with Crippen LogP contribution in [0.3, 0.4) is 0 Å². The summed E-state index contributed by atoms with van der Waals surface area (Å²) in [5, 5.41) is 3.85. The fourth-order valence-electron chi connectivity index (χ4n) is 2.61. The van der Waals surface area contributed by atoms with Crippen molar-refractivity contribution in [2.75, 3.05) is 19.0 Å². The summed E-state index contributed by atoms with van der Waals surface area (Å²) in [6.45, 7) is 3.18. The molecule has 0 aromatic carbocycles. The third-order valence-corrected chi connectivity index (χ3v) is 4.83. The molecule has 4 atom stereocenters. The van der Waals surface area contributed by atoms with Gasteiger partial charge in [-0.3, -0.25) is 4.79 Å². The molecule has 1 amide bonds. The number of carbonyl (C=O) groups is 1. The van der Waals surface area contributed by atoms with E-state index in [9.17, 15) is 4.79 Å². The van der Waals surface area contributed by atoms with E-state index in [2.05, 4.69) is 12.2 Å². The van der Waals surface area contributed by atoms with Gasteiger partial charge in [-0.15, -0.1) is 0 Å². The van der Waals surface area contributed by atoms with Gasteiger partial charge in [0.1, 0.15) is 0 Å². The van der Waals surface area contributed by atoms with Crippen LogP contribution in [0.5, 0.6) is 0 Å². The van der Waals surface area contributed by atoms with Crippen molar-refractivity contribution in [1.82, 2.24) is 5.32 Å². The van der Waals surface area contributed by atoms with Gasteiger partial charge in [-0.25, -0.2) is 0 Å². The third kappa shape index (κ3) is 3.36. The number of ether oxygens (including phenoxy) is 1. The van der Waals surface area contributed by atoms with Gasteiger partial charge in [0.15, 0.2) is 0 Å². The average molecular weight is 258 g/mol. The molecule has 2 fully saturated rings. The van der Waals surface area contributed by atoms with Crippen molar-refractivity contribution in [2.45, 2.75) is 43.5 Å². The molecule has 0 aromatic heterocycles. The Bertz CT molecular complexity index is 275. The van der Waals surface area contributed by atoms with E-state index in [1.165, 1.54) is 6.42 Å². The summed E-state index contributed by atoms with van der Waals surface area (Å²) in [6.07, 6.45) is 3.43. The summed E-state index contributed by atoms with van der Waals surface area (Å²) < 4.78 is 5.22. The van der Waals surface area contributed by atoms with Crippen LogP contribution < -0.4 is 11.1 Å². The molecule has 2 rings (SSSR count). The summed E-state index contributed by atoms with van der Waals surface area (Å²) in [5.41, 5.74) is 5.84. The van der Waals surface area contributed by atoms with Gasteiger partial charge in [0, 0.05) is 17.3 Å². The Kier molecular flexibility index (Phi) is 4.70. The molecule has 5 heteroatoms. The van der Waals surface area contributed by atoms with Crippen LogP contribution in [-0.2, 0) is 9.53 Å². The third-order valence-electron chi connectivity index (χ3n) is 3.59. The highest BCUT2D eigenvalue weighted by Gasteiger charge is 2.34. The first kappa shape index (κ1) is 13.2. The van der Waals surface area contributed by atoms with E-state index in [1.54, 1.807) is 0 Å². The number of thioether (sulfide) groups is 1. The van der Waals surface area contributed by atoms with Gasteiger partial charge in [-0.2, -0.15) is 11.8 Å². The smallest absolute Gasteiger partial charge is 0.227 e. The molecule has 17 heavy (non-hydrogen) atoms. The molecular formula is C12H22N2O2S. The molecule has 3 N–H and O–H groups in total. The summed E-state index contributed by atoms with van der Waals surface area (Å²) in [5.74, 6) is 1.10. The normalized spacial score (nSPS) is 37.3. The Morgan fingerprint density at radius 1 is 1.47 bits per heavy atom. The lowest BCUT2D eigenvalue weighted by molar-refractivity contribution is -0.125. The van der Waals surface area contributed by atoms with E-state index in [4.69, 9.17) is 10.5 Å². The maximum absolute atomic E-state index is 12.0. The molecule has 0 spiro atoms. The number of rotatable bonds is 4. The van der Waals surface area contributed by atoms with Crippen LogP contribution in [0.15, 0.2) is 0 Å². The van der Waals surface area contributed by atoms with Crippen LogP contribution >= 0.6 is 11.8 Å². The molecule has 1 saturated carbocycles. The topological polar surface area (TPSA) is 64.3 Å². The van der Waals surface area contributed by atoms with Crippen molar-refractivity contribution in [3.63, 3.8) is 0 Å². The first-order valence-electron chi connectivity index (χ1n) is 6.46. The summed E-state index contributed by atoms with van der Waals surface area (Å²) in [4.78, 5) is 12.0. The molecule has 4 unspecified atom stereocenters. The van der Waals surface area contributed by atoms with Gasteiger partial charge in [0.2, 0.25) is 5.91 Å². The Hall–Kier alpha value is -0.260. The predicted octanol–water partition coefficient (Wildman–Crippen LogP) is 0.751. The van der Waals surface area contributed by atoms with E-state index in [0.29, 0.717) is 19.3 Å². The van der Waals surface area contributed by atoms with Crippen molar-refractivity contribution in [2.24, 2.45) is 11.7 Å². The number of amides is 1. The molecular weight excluding hydrogens is 236 g/mol. The van der Waals surface area contributed by atoms with Gasteiger partial charge in [0.25, 0.3) is 0 Å². The van der Waals surface area contributed by atoms with Crippen LogP contribution in [0.1, 0.15) is 26.2 Å². The van der Waals surface area contributed by atoms with Crippen molar-refractivity contribution in [3.05, 3.63) is 0 Å². The minimum Gasteiger partial charge on any atom is -0.379 e. The Balaban J connectivity index is 1.76. The lowest BCUT2D eigenvalue weighted by Gasteiger charge is -2.18. The molecule has 0 bridgehead atoms. The number of carbonyl (C=O) groups excluding carboxylic acids is 1. The van der Waals surface area contributed by atoms with E-state index in [-0.39, 0.29) is 17.9 Å². The van der Waals surface area contributed by atoms with Crippen molar-refractivity contribution in [3.8, 4) is 0 Å². The van der Waals surface area contributed by atoms with Crippen molar-refractivity contribution < 1.29 is 9.53 Å². The Morgan fingerprint density at radius 2 is 2.29 bits per heavy atom. The molecule has 2 aliphatic rings. The van der Waals surface area contributed by atoms with E-state index in [1.807, 2.05) is 11.8 Å². The Labute approximate surface area is 107 Å². The molecule has 98 valence electrons. The minimum atomic E-state index is -0.145. The molecule has 0 radical (unpaired) electrons. The molecule has 1 heterocycles. The minimum absolute atomic E-state index is 0.0853. The Morgan fingerprint density at radius 3 is 2.94 bits per heavy atom. The zero-order valence-electron chi connectivity index (χ0n) is 10.4. The highest BCUT2D eigenvalue weighted by molar-refractivity contribution is 7.99. The van der Waals surface area contributed by atoms with Gasteiger partial charge in [-0.05, 0) is 25.0 Å². The molecule has 1 aliphatic heterocycles. The molecule has 0 aromatic rings. The van der Waals surface area contributed by atoms with Crippen LogP contribution in [-0.4, -0.2) is 42.2 Å². The predicted molar refractivity (Wildman–Crippen MR) is 70.0 cm³/mol. The van der Waals surface area contributed by atoms with Crippen LogP contribution in [0, 0.1) is 5.92 Å². The first-order valence-corrected chi connectivity index (χ1v) is 7.51. The van der Waals surface area contributed by atoms with Gasteiger partial charge in [-0.1, -0.05) is 6.92 Å². The number of hydrogen-bond donors (Lipinski definition) is 2. The number of hydrogen-bond acceptors (Lipinski definition) is 4. The quantitative estimate of drug-likeness (QED) is 0.781. The van der Waals surface area contributed by atoms with E-state index < -0.39 is 0 Å². The molecule has 1 saturated heterocycles. The van der Waals surface area contributed by atoms with Crippen LogP contribution in [0.4, 0.5) is 0 Å².